The second-order valence-corrected chi connectivity index (χ2v) is 21.8. The maximum atomic E-state index is 14.5. The molecule has 1 saturated heterocycles. The Hall–Kier alpha value is -7.22. The first-order valence-corrected chi connectivity index (χ1v) is 30.6. The summed E-state index contributed by atoms with van der Waals surface area (Å²) in [5.41, 5.74) is 57.2. The maximum Gasteiger partial charge on any atom is 0.246 e. The van der Waals surface area contributed by atoms with E-state index in [1.807, 2.05) is 0 Å². The van der Waals surface area contributed by atoms with Crippen LogP contribution in [0.2, 0.25) is 0 Å². The fraction of sp³-hybridized carbons (Fsp3) is 0.741. The highest BCUT2D eigenvalue weighted by molar-refractivity contribution is 5.98. The van der Waals surface area contributed by atoms with Gasteiger partial charge in [0.05, 0.1) is 31.1 Å². The van der Waals surface area contributed by atoms with Crippen LogP contribution in [0.5, 0.6) is 0 Å². The zero-order valence-corrected chi connectivity index (χ0v) is 51.1. The number of imidazole rings is 1. The number of hydrogen-bond donors (Lipinski definition) is 22. The van der Waals surface area contributed by atoms with Crippen molar-refractivity contribution >= 4 is 65.0 Å². The molecule has 0 unspecified atom stereocenters. The molecule has 1 fully saturated rings. The lowest BCUT2D eigenvalue weighted by molar-refractivity contribution is -0.142. The topological polar surface area (TPSA) is 624 Å². The molecule has 0 radical (unpaired) electrons. The number of guanidine groups is 1. The zero-order chi connectivity index (χ0) is 66.3. The van der Waals surface area contributed by atoms with Gasteiger partial charge in [-0.1, -0.05) is 6.42 Å². The van der Waals surface area contributed by atoms with Crippen molar-refractivity contribution in [1.82, 2.24) is 62.7 Å². The van der Waals surface area contributed by atoms with Gasteiger partial charge >= 0.3 is 0 Å². The largest absolute Gasteiger partial charge is 0.389 e. The summed E-state index contributed by atoms with van der Waals surface area (Å²) in [5.74, 6) is -8.32. The van der Waals surface area contributed by atoms with E-state index >= 15 is 0 Å². The van der Waals surface area contributed by atoms with Crippen LogP contribution in [0.25, 0.3) is 0 Å². The quantitative estimate of drug-likeness (QED) is 0.0164. The van der Waals surface area contributed by atoms with E-state index in [0.29, 0.717) is 89.7 Å². The maximum absolute atomic E-state index is 14.5. The molecule has 0 saturated carbocycles. The highest BCUT2D eigenvalue weighted by Crippen LogP contribution is 2.21. The van der Waals surface area contributed by atoms with Gasteiger partial charge in [-0.25, -0.2) is 4.98 Å². The molecule has 89 heavy (non-hydrogen) atoms. The third-order valence-corrected chi connectivity index (χ3v) is 14.6. The highest BCUT2D eigenvalue weighted by atomic mass is 16.3. The number of aromatic nitrogens is 2. The summed E-state index contributed by atoms with van der Waals surface area (Å²) in [6.45, 7) is 0.0844. The number of rotatable bonds is 47. The highest BCUT2D eigenvalue weighted by Gasteiger charge is 2.41. The van der Waals surface area contributed by atoms with Crippen molar-refractivity contribution in [3.63, 3.8) is 0 Å². The second kappa shape index (κ2) is 44.3. The van der Waals surface area contributed by atoms with E-state index in [4.69, 9.17) is 57.3 Å². The Kier molecular flexibility index (Phi) is 38.7. The average molecular weight is 1270 g/mol. The zero-order valence-electron chi connectivity index (χ0n) is 51.1. The Morgan fingerprint density at radius 3 is 1.61 bits per heavy atom. The number of aromatic amines is 1. The van der Waals surface area contributed by atoms with Crippen LogP contribution in [0.15, 0.2) is 17.5 Å². The van der Waals surface area contributed by atoms with Gasteiger partial charge in [0.2, 0.25) is 59.1 Å². The summed E-state index contributed by atoms with van der Waals surface area (Å²) in [5, 5.41) is 44.5. The van der Waals surface area contributed by atoms with E-state index < -0.39 is 145 Å². The normalized spacial score (nSPS) is 16.3. The van der Waals surface area contributed by atoms with Crippen LogP contribution < -0.4 is 105 Å². The molecule has 0 aromatic carbocycles. The molecule has 0 spiro atoms. The first-order chi connectivity index (χ1) is 42.6. The number of aliphatic imine (C=N–C) groups is 1. The number of nitrogens with zero attached hydrogens (tertiary/aromatic N) is 3. The lowest BCUT2D eigenvalue weighted by Gasteiger charge is -2.30. The van der Waals surface area contributed by atoms with Crippen molar-refractivity contribution in [2.75, 3.05) is 72.0 Å². The van der Waals surface area contributed by atoms with Crippen molar-refractivity contribution in [2.24, 2.45) is 62.3 Å². The Morgan fingerprint density at radius 2 is 1.07 bits per heavy atom. The minimum Gasteiger partial charge on any atom is -0.389 e. The predicted molar refractivity (Wildman–Crippen MR) is 330 cm³/mol. The molecular weight excluding hydrogens is 1160 g/mol. The minimum atomic E-state index is -1.83. The third kappa shape index (κ3) is 29.3. The SMILES string of the molecule is NCCCCNC(=O)[C@H](CCCCN)NC(=O)[C@H](CCCN=C(N)N)NC(=O)[C@H](CCCCN)NC(=O)[C@H](Cc1cnc[nH]1)NC(=O)[C@@H]1CCCN1C(=O)[C@@H](CCCN)NC(=O)CNC(=O)[C@@H](NC(=O)[C@@H](NC(=O)[C@@H](N)CCCCN)[C@@H](O)CN)[C@@H](O)CN. The van der Waals surface area contributed by atoms with E-state index in [-0.39, 0.29) is 89.9 Å². The van der Waals surface area contributed by atoms with E-state index in [1.165, 1.54) is 17.4 Å². The van der Waals surface area contributed by atoms with E-state index in [1.54, 1.807) is 0 Å². The second-order valence-electron chi connectivity index (χ2n) is 21.8. The van der Waals surface area contributed by atoms with Gasteiger partial charge in [-0.3, -0.25) is 52.9 Å². The van der Waals surface area contributed by atoms with Crippen molar-refractivity contribution in [3.05, 3.63) is 18.2 Å². The Morgan fingerprint density at radius 1 is 0.562 bits per heavy atom. The van der Waals surface area contributed by atoms with Gasteiger partial charge < -0.3 is 125 Å². The molecule has 2 rings (SSSR count). The van der Waals surface area contributed by atoms with E-state index in [0.717, 1.165) is 0 Å². The first kappa shape index (κ1) is 77.9. The fourth-order valence-electron chi connectivity index (χ4n) is 9.50. The molecular formula is C54H103N23O12. The van der Waals surface area contributed by atoms with Crippen LogP contribution in [-0.2, 0) is 54.4 Å². The van der Waals surface area contributed by atoms with Crippen LogP contribution in [0.1, 0.15) is 115 Å². The summed E-state index contributed by atoms with van der Waals surface area (Å²) in [6, 6.07) is -12.1. The molecule has 506 valence electrons. The number of aliphatic hydroxyl groups is 2. The van der Waals surface area contributed by atoms with Gasteiger partial charge in [-0.15, -0.1) is 0 Å². The number of nitrogens with one attached hydrogen (secondary N) is 10. The molecule has 2 heterocycles. The van der Waals surface area contributed by atoms with Gasteiger partial charge in [0.15, 0.2) is 5.96 Å². The van der Waals surface area contributed by atoms with E-state index in [9.17, 15) is 58.2 Å². The fourth-order valence-corrected chi connectivity index (χ4v) is 9.50. The molecule has 1 aromatic rings. The molecule has 32 N–H and O–H groups in total. The molecule has 1 aromatic heterocycles. The first-order valence-electron chi connectivity index (χ1n) is 30.6. The molecule has 1 aliphatic heterocycles. The third-order valence-electron chi connectivity index (χ3n) is 14.6. The number of likely N-dealkylation sites (tertiary alicyclic amines) is 1. The van der Waals surface area contributed by atoms with Crippen molar-refractivity contribution in [3.8, 4) is 0 Å². The van der Waals surface area contributed by atoms with Gasteiger partial charge in [-0.2, -0.15) is 0 Å². The number of unbranched alkanes of at least 4 members (excludes halogenated alkanes) is 4. The molecule has 1 aliphatic rings. The van der Waals surface area contributed by atoms with Crippen molar-refractivity contribution in [2.45, 2.75) is 182 Å². The summed E-state index contributed by atoms with van der Waals surface area (Å²) in [7, 11) is 0. The summed E-state index contributed by atoms with van der Waals surface area (Å²) in [4.78, 5) is 151. The van der Waals surface area contributed by atoms with Crippen LogP contribution in [-0.4, -0.2) is 229 Å². The van der Waals surface area contributed by atoms with Gasteiger partial charge in [0.1, 0.15) is 48.3 Å². The summed E-state index contributed by atoms with van der Waals surface area (Å²) in [6.07, 6.45) is 4.86. The Labute approximate surface area is 519 Å². The molecule has 11 atom stereocenters. The van der Waals surface area contributed by atoms with Crippen LogP contribution in [0.3, 0.4) is 0 Å². The number of carbonyl (C=O) groups excluding carboxylic acids is 10. The van der Waals surface area contributed by atoms with Crippen LogP contribution in [0.4, 0.5) is 0 Å². The smallest absolute Gasteiger partial charge is 0.246 e. The molecule has 0 bridgehead atoms. The number of nitrogens with two attached hydrogens (primary N) is 10. The van der Waals surface area contributed by atoms with E-state index in [2.05, 4.69) is 62.8 Å². The number of hydrogen-bond acceptors (Lipinski definition) is 22. The molecule has 35 heteroatoms. The monoisotopic (exact) mass is 1270 g/mol. The summed E-state index contributed by atoms with van der Waals surface area (Å²) < 4.78 is 0. The van der Waals surface area contributed by atoms with Gasteiger partial charge in [0, 0.05) is 51.0 Å². The standard InChI is InChI=1S/C54H103N23O12/c55-18-4-1-12-33(62)45(81)75-44(41(79)28-61)52(88)76-43(40(78)27-60)51(87)68-30-42(80)70-37(15-9-22-59)53(89)77-25-11-17-39(77)50(86)74-38(26-32-29-65-31-69-32)49(85)73-35(14-3-6-20-57)47(83)72-36(16-10-24-67-54(63)64)48(84)71-34(13-2-5-19-56)46(82)66-23-8-7-21-58/h29,31,33-41,43-44,78-79H,1-28,30,55-62H2,(H,65,69)(H,66,82)(H,68,87)(H,70,80)(H,71,84)(H,72,83)(H,73,85)(H,74,86)(H,75,81)(H,76,88)(H4,63,64,67)/t33-,34-,35-,36-,37+,38-,39-,40-,41-,43-,44-/m0/s1. The molecule has 35 nitrogen and oxygen atoms in total. The minimum absolute atomic E-state index is 0.0109. The Balaban J connectivity index is 2.37. The lowest BCUT2D eigenvalue weighted by Crippen LogP contribution is -2.63. The molecule has 10 amide bonds. The predicted octanol–water partition coefficient (Wildman–Crippen LogP) is -9.55. The van der Waals surface area contributed by atoms with Crippen LogP contribution >= 0.6 is 0 Å². The number of H-pyrrole nitrogens is 1. The van der Waals surface area contributed by atoms with Gasteiger partial charge in [-0.05, 0) is 135 Å². The summed E-state index contributed by atoms with van der Waals surface area (Å²) >= 11 is 0. The molecule has 0 aliphatic carbocycles. The Bertz CT molecular complexity index is 2350. The number of aliphatic hydroxyl groups excluding tert-OH is 2. The average Bonchev–Trinajstić information content (AvgIpc) is 3.90. The number of carbonyl (C=O) groups is 10. The van der Waals surface area contributed by atoms with Crippen LogP contribution in [0, 0.1) is 0 Å². The van der Waals surface area contributed by atoms with Gasteiger partial charge in [0.25, 0.3) is 0 Å². The van der Waals surface area contributed by atoms with Crippen molar-refractivity contribution in [1.29, 1.82) is 0 Å². The lowest BCUT2D eigenvalue weighted by atomic mass is 10.0. The number of amides is 10. The van der Waals surface area contributed by atoms with Crippen molar-refractivity contribution < 1.29 is 58.2 Å².